The van der Waals surface area contributed by atoms with Gasteiger partial charge in [-0.05, 0) is 74.5 Å². The van der Waals surface area contributed by atoms with E-state index in [0.717, 1.165) is 24.8 Å². The first-order valence-electron chi connectivity index (χ1n) is 9.41. The van der Waals surface area contributed by atoms with Crippen molar-refractivity contribution < 1.29 is 14.6 Å². The molecule has 4 bridgehead atoms. The first kappa shape index (κ1) is 15.9. The Bertz CT molecular complexity index is 879. The Morgan fingerprint density at radius 3 is 2.46 bits per heavy atom. The lowest BCUT2D eigenvalue weighted by Gasteiger charge is -2.54. The summed E-state index contributed by atoms with van der Waals surface area (Å²) in [6.07, 6.45) is 6.74. The minimum absolute atomic E-state index is 0.0738. The van der Waals surface area contributed by atoms with Crippen LogP contribution in [0.5, 0.6) is 11.6 Å². The smallest absolute Gasteiger partial charge is 0.270 e. The standard InChI is InChI=1S/C20H23N3O3/c1-26-14-2-3-16-15(7-14)17(18(24)21-16)22-23-19(25)20-8-11-4-12(9-20)6-13(5-11)10-20/h2-3,7,11-13,21,24H,4-6,8-10H2,1H3. The summed E-state index contributed by atoms with van der Waals surface area (Å²) < 4.78 is 5.24. The number of carbonyl (C=O) groups is 1. The number of rotatable bonds is 3. The van der Waals surface area contributed by atoms with Crippen molar-refractivity contribution in [2.75, 3.05) is 7.11 Å². The monoisotopic (exact) mass is 353 g/mol. The molecule has 0 spiro atoms. The van der Waals surface area contributed by atoms with Gasteiger partial charge in [-0.3, -0.25) is 4.79 Å². The zero-order chi connectivity index (χ0) is 17.9. The summed E-state index contributed by atoms with van der Waals surface area (Å²) >= 11 is 0. The number of amides is 1. The summed E-state index contributed by atoms with van der Waals surface area (Å²) in [5, 5.41) is 19.1. The number of nitrogens with zero attached hydrogens (tertiary/aromatic N) is 2. The van der Waals surface area contributed by atoms with Crippen molar-refractivity contribution in [2.24, 2.45) is 33.4 Å². The number of aromatic nitrogens is 1. The second-order valence-corrected chi connectivity index (χ2v) is 8.44. The number of aromatic hydroxyl groups is 1. The second-order valence-electron chi connectivity index (χ2n) is 8.44. The molecule has 4 aliphatic rings. The van der Waals surface area contributed by atoms with Crippen LogP contribution in [0, 0.1) is 23.2 Å². The molecule has 4 saturated carbocycles. The molecule has 136 valence electrons. The minimum atomic E-state index is -0.308. The summed E-state index contributed by atoms with van der Waals surface area (Å²) in [6.45, 7) is 0. The number of benzene rings is 1. The van der Waals surface area contributed by atoms with Gasteiger partial charge in [0.1, 0.15) is 5.75 Å². The summed E-state index contributed by atoms with van der Waals surface area (Å²) in [5.41, 5.74) is 0.731. The van der Waals surface area contributed by atoms with E-state index in [-0.39, 0.29) is 17.2 Å². The highest BCUT2D eigenvalue weighted by Gasteiger charge is 2.54. The van der Waals surface area contributed by atoms with Crippen molar-refractivity contribution in [3.8, 4) is 11.6 Å². The van der Waals surface area contributed by atoms with E-state index in [9.17, 15) is 9.90 Å². The van der Waals surface area contributed by atoms with Crippen LogP contribution < -0.4 is 4.74 Å². The third-order valence-corrected chi connectivity index (χ3v) is 6.69. The number of azo groups is 1. The minimum Gasteiger partial charge on any atom is -0.497 e. The van der Waals surface area contributed by atoms with Gasteiger partial charge in [-0.2, -0.15) is 0 Å². The number of methoxy groups -OCH3 is 1. The van der Waals surface area contributed by atoms with Crippen LogP contribution in [-0.4, -0.2) is 23.1 Å². The number of hydrogen-bond acceptors (Lipinski definition) is 4. The lowest BCUT2D eigenvalue weighted by atomic mass is 9.49. The van der Waals surface area contributed by atoms with E-state index >= 15 is 0 Å². The number of carbonyl (C=O) groups excluding carboxylic acids is 1. The quantitative estimate of drug-likeness (QED) is 0.784. The molecule has 26 heavy (non-hydrogen) atoms. The van der Waals surface area contributed by atoms with E-state index in [1.165, 1.54) is 19.3 Å². The molecule has 0 atom stereocenters. The number of ether oxygens (including phenoxy) is 1. The lowest BCUT2D eigenvalue weighted by molar-refractivity contribution is -0.142. The van der Waals surface area contributed by atoms with Crippen LogP contribution in [0.3, 0.4) is 0 Å². The van der Waals surface area contributed by atoms with Gasteiger partial charge in [0.25, 0.3) is 5.91 Å². The Balaban J connectivity index is 1.46. The molecule has 0 radical (unpaired) electrons. The summed E-state index contributed by atoms with van der Waals surface area (Å²) in [7, 11) is 1.59. The Hall–Kier alpha value is -2.37. The highest BCUT2D eigenvalue weighted by Crippen LogP contribution is 2.60. The number of fused-ring (bicyclic) bond motifs is 1. The van der Waals surface area contributed by atoms with Crippen LogP contribution >= 0.6 is 0 Å². The maximum absolute atomic E-state index is 13.0. The zero-order valence-electron chi connectivity index (χ0n) is 14.9. The van der Waals surface area contributed by atoms with Crippen molar-refractivity contribution in [3.05, 3.63) is 18.2 Å². The highest BCUT2D eigenvalue weighted by atomic mass is 16.5. The van der Waals surface area contributed by atoms with Crippen molar-refractivity contribution in [1.82, 2.24) is 4.98 Å². The lowest BCUT2D eigenvalue weighted by Crippen LogP contribution is -2.49. The van der Waals surface area contributed by atoms with E-state index < -0.39 is 0 Å². The van der Waals surface area contributed by atoms with Crippen LogP contribution in [-0.2, 0) is 4.79 Å². The average molecular weight is 353 g/mol. The average Bonchev–Trinajstić information content (AvgIpc) is 2.92. The number of aromatic amines is 1. The van der Waals surface area contributed by atoms with E-state index in [2.05, 4.69) is 15.2 Å². The molecule has 4 aliphatic carbocycles. The molecular formula is C20H23N3O3. The number of H-pyrrole nitrogens is 1. The fraction of sp³-hybridized carbons (Fsp3) is 0.550. The van der Waals surface area contributed by atoms with E-state index in [4.69, 9.17) is 4.74 Å². The van der Waals surface area contributed by atoms with E-state index in [0.29, 0.717) is 34.6 Å². The molecule has 6 heteroatoms. The SMILES string of the molecule is COc1ccc2[nH]c(O)c(N=NC(=O)C34CC5CC(CC(C5)C3)C4)c2c1. The molecule has 0 saturated heterocycles. The van der Waals surface area contributed by atoms with Crippen LogP contribution in [0.1, 0.15) is 38.5 Å². The van der Waals surface area contributed by atoms with Crippen molar-refractivity contribution in [3.63, 3.8) is 0 Å². The van der Waals surface area contributed by atoms with Gasteiger partial charge in [-0.15, -0.1) is 10.2 Å². The normalized spacial score (nSPS) is 32.6. The van der Waals surface area contributed by atoms with E-state index in [1.54, 1.807) is 19.2 Å². The van der Waals surface area contributed by atoms with Gasteiger partial charge in [0.05, 0.1) is 18.0 Å². The Kier molecular flexibility index (Phi) is 3.39. The molecule has 4 fully saturated rings. The van der Waals surface area contributed by atoms with Gasteiger partial charge in [0.2, 0.25) is 5.88 Å². The maximum Gasteiger partial charge on any atom is 0.270 e. The Morgan fingerprint density at radius 2 is 1.85 bits per heavy atom. The molecule has 1 amide bonds. The topological polar surface area (TPSA) is 87.0 Å². The molecule has 0 unspecified atom stereocenters. The van der Waals surface area contributed by atoms with Crippen LogP contribution in [0.25, 0.3) is 10.9 Å². The molecule has 0 aliphatic heterocycles. The number of nitrogens with one attached hydrogen (secondary N) is 1. The number of hydrogen-bond donors (Lipinski definition) is 2. The summed E-state index contributed by atoms with van der Waals surface area (Å²) in [5.74, 6) is 2.55. The Labute approximate surface area is 151 Å². The van der Waals surface area contributed by atoms with Gasteiger partial charge in [-0.25, -0.2) is 0 Å². The molecular weight excluding hydrogens is 330 g/mol. The molecule has 2 aromatic rings. The van der Waals surface area contributed by atoms with E-state index in [1.807, 2.05) is 6.07 Å². The van der Waals surface area contributed by atoms with Gasteiger partial charge < -0.3 is 14.8 Å². The molecule has 1 aromatic heterocycles. The largest absolute Gasteiger partial charge is 0.497 e. The van der Waals surface area contributed by atoms with Crippen molar-refractivity contribution in [1.29, 1.82) is 0 Å². The third kappa shape index (κ3) is 2.35. The molecule has 6 nitrogen and oxygen atoms in total. The van der Waals surface area contributed by atoms with Crippen molar-refractivity contribution >= 4 is 22.5 Å². The molecule has 6 rings (SSSR count). The van der Waals surface area contributed by atoms with Crippen LogP contribution in [0.15, 0.2) is 28.4 Å². The molecule has 1 heterocycles. The first-order valence-corrected chi connectivity index (χ1v) is 9.41. The maximum atomic E-state index is 13.0. The van der Waals surface area contributed by atoms with Crippen molar-refractivity contribution in [2.45, 2.75) is 38.5 Å². The second kappa shape index (κ2) is 5.56. The predicted molar refractivity (Wildman–Crippen MR) is 96.6 cm³/mol. The van der Waals surface area contributed by atoms with Crippen LogP contribution in [0.2, 0.25) is 0 Å². The highest BCUT2D eigenvalue weighted by molar-refractivity contribution is 5.95. The Morgan fingerprint density at radius 1 is 1.19 bits per heavy atom. The molecule has 2 N–H and O–H groups in total. The first-order chi connectivity index (χ1) is 12.6. The van der Waals surface area contributed by atoms with Gasteiger partial charge in [0.15, 0.2) is 5.69 Å². The van der Waals surface area contributed by atoms with Gasteiger partial charge in [0, 0.05) is 5.39 Å². The van der Waals surface area contributed by atoms with Gasteiger partial charge in [-0.1, -0.05) is 0 Å². The molecule has 1 aromatic carbocycles. The fourth-order valence-electron chi connectivity index (χ4n) is 5.94. The fourth-order valence-corrected chi connectivity index (χ4v) is 5.94. The zero-order valence-corrected chi connectivity index (χ0v) is 14.9. The summed E-state index contributed by atoms with van der Waals surface area (Å²) in [6, 6.07) is 5.41. The van der Waals surface area contributed by atoms with Gasteiger partial charge >= 0.3 is 0 Å². The third-order valence-electron chi connectivity index (χ3n) is 6.69. The van der Waals surface area contributed by atoms with Crippen LogP contribution in [0.4, 0.5) is 5.69 Å². The predicted octanol–water partition coefficient (Wildman–Crippen LogP) is 4.71. The summed E-state index contributed by atoms with van der Waals surface area (Å²) in [4.78, 5) is 15.9.